The van der Waals surface area contributed by atoms with Crippen LogP contribution < -0.4 is 14.8 Å². The van der Waals surface area contributed by atoms with Crippen LogP contribution >= 0.6 is 11.6 Å². The van der Waals surface area contributed by atoms with Gasteiger partial charge in [0.15, 0.2) is 24.2 Å². The topological polar surface area (TPSA) is 97.7 Å². The normalized spacial score (nSPS) is 11.1. The van der Waals surface area contributed by atoms with Crippen molar-refractivity contribution in [3.05, 3.63) is 53.1 Å². The minimum absolute atomic E-state index is 0.215. The lowest BCUT2D eigenvalue weighted by Crippen LogP contribution is -2.31. The summed E-state index contributed by atoms with van der Waals surface area (Å²) >= 11 is 5.93. The predicted molar refractivity (Wildman–Crippen MR) is 108 cm³/mol. The van der Waals surface area contributed by atoms with Gasteiger partial charge in [-0.05, 0) is 43.7 Å². The summed E-state index contributed by atoms with van der Waals surface area (Å²) in [6, 6.07) is 13.4. The molecule has 0 aliphatic carbocycles. The van der Waals surface area contributed by atoms with Gasteiger partial charge in [-0.15, -0.1) is 0 Å². The van der Waals surface area contributed by atoms with E-state index in [1.54, 1.807) is 24.3 Å². The van der Waals surface area contributed by atoms with E-state index in [1.165, 1.54) is 25.1 Å². The van der Waals surface area contributed by atoms with E-state index >= 15 is 0 Å². The molecule has 0 saturated carbocycles. The number of amides is 1. The van der Waals surface area contributed by atoms with Crippen molar-refractivity contribution in [2.24, 2.45) is 0 Å². The summed E-state index contributed by atoms with van der Waals surface area (Å²) in [5.74, 6) is -0.283. The quantitative estimate of drug-likeness (QED) is 0.621. The van der Waals surface area contributed by atoms with Gasteiger partial charge >= 0.3 is 5.97 Å². The Morgan fingerprint density at radius 2 is 1.86 bits per heavy atom. The molecule has 0 aliphatic rings. The number of esters is 1. The number of nitriles is 1. The van der Waals surface area contributed by atoms with Crippen molar-refractivity contribution >= 4 is 29.2 Å². The Labute approximate surface area is 174 Å². The molecule has 2 aromatic carbocycles. The second-order valence-electron chi connectivity index (χ2n) is 6.01. The molecule has 29 heavy (non-hydrogen) atoms. The number of para-hydroxylation sites is 2. The van der Waals surface area contributed by atoms with Gasteiger partial charge in [-0.25, -0.2) is 4.79 Å². The molecule has 0 fully saturated rings. The fourth-order valence-corrected chi connectivity index (χ4v) is 2.47. The maximum absolute atomic E-state index is 12.2. The minimum Gasteiger partial charge on any atom is -0.490 e. The number of hydrogen-bond donors (Lipinski definition) is 1. The molecule has 2 rings (SSSR count). The first-order valence-corrected chi connectivity index (χ1v) is 9.37. The molecule has 0 saturated heterocycles. The molecule has 2 aromatic rings. The van der Waals surface area contributed by atoms with E-state index < -0.39 is 18.0 Å². The van der Waals surface area contributed by atoms with Gasteiger partial charge in [0, 0.05) is 5.69 Å². The Balaban J connectivity index is 1.86. The van der Waals surface area contributed by atoms with Crippen molar-refractivity contribution in [1.29, 1.82) is 5.26 Å². The molecule has 8 heteroatoms. The lowest BCUT2D eigenvalue weighted by Gasteiger charge is -2.15. The van der Waals surface area contributed by atoms with Gasteiger partial charge in [-0.2, -0.15) is 5.26 Å². The summed E-state index contributed by atoms with van der Waals surface area (Å²) in [4.78, 5) is 24.2. The van der Waals surface area contributed by atoms with E-state index in [0.29, 0.717) is 29.4 Å². The maximum atomic E-state index is 12.2. The first kappa shape index (κ1) is 22.1. The summed E-state index contributed by atoms with van der Waals surface area (Å²) in [6.07, 6.45) is -0.208. The highest BCUT2D eigenvalue weighted by Crippen LogP contribution is 2.26. The molecule has 1 N–H and O–H groups in total. The minimum atomic E-state index is -1.05. The zero-order valence-electron chi connectivity index (χ0n) is 16.1. The fraction of sp³-hybridized carbons (Fsp3) is 0.286. The number of halogens is 1. The number of ether oxygens (including phenoxy) is 3. The lowest BCUT2D eigenvalue weighted by molar-refractivity contribution is -0.155. The van der Waals surface area contributed by atoms with Crippen LogP contribution in [0.15, 0.2) is 42.5 Å². The first-order chi connectivity index (χ1) is 13.9. The third-order valence-corrected chi connectivity index (χ3v) is 4.00. The van der Waals surface area contributed by atoms with Crippen LogP contribution in [0, 0.1) is 11.3 Å². The van der Waals surface area contributed by atoms with Crippen molar-refractivity contribution in [1.82, 2.24) is 0 Å². The fourth-order valence-electron chi connectivity index (χ4n) is 2.25. The monoisotopic (exact) mass is 416 g/mol. The molecule has 1 amide bonds. The van der Waals surface area contributed by atoms with Crippen molar-refractivity contribution < 1.29 is 23.8 Å². The Bertz CT molecular complexity index is 910. The van der Waals surface area contributed by atoms with E-state index in [1.807, 2.05) is 13.0 Å². The van der Waals surface area contributed by atoms with Crippen LogP contribution in [0.3, 0.4) is 0 Å². The van der Waals surface area contributed by atoms with Gasteiger partial charge in [-0.3, -0.25) is 4.79 Å². The highest BCUT2D eigenvalue weighted by molar-refractivity contribution is 6.32. The zero-order chi connectivity index (χ0) is 21.2. The number of benzene rings is 2. The standard InChI is InChI=1S/C21H21ClN2O5/c1-3-10-27-18-6-4-5-7-19(18)28-13-20(25)29-14(2)21(26)24-16-9-8-15(12-23)17(22)11-16/h4-9,11,14H,3,10,13H2,1-2H3,(H,24,26)/t14-/m1/s1. The number of nitrogens with one attached hydrogen (secondary N) is 1. The molecule has 0 spiro atoms. The number of carbonyl (C=O) groups excluding carboxylic acids is 2. The molecular formula is C21H21ClN2O5. The van der Waals surface area contributed by atoms with Gasteiger partial charge in [0.1, 0.15) is 6.07 Å². The molecule has 0 heterocycles. The van der Waals surface area contributed by atoms with Crippen LogP contribution in [0.25, 0.3) is 0 Å². The van der Waals surface area contributed by atoms with Crippen LogP contribution in [-0.2, 0) is 14.3 Å². The number of carbonyl (C=O) groups is 2. The number of hydrogen-bond acceptors (Lipinski definition) is 6. The van der Waals surface area contributed by atoms with Crippen LogP contribution in [0.1, 0.15) is 25.8 Å². The molecule has 1 atom stereocenters. The van der Waals surface area contributed by atoms with E-state index in [-0.39, 0.29) is 11.6 Å². The average Bonchev–Trinajstić information content (AvgIpc) is 2.71. The summed E-state index contributed by atoms with van der Waals surface area (Å²) in [5.41, 5.74) is 0.685. The zero-order valence-corrected chi connectivity index (χ0v) is 16.9. The summed E-state index contributed by atoms with van der Waals surface area (Å²) < 4.78 is 16.1. The van der Waals surface area contributed by atoms with Gasteiger partial charge in [-0.1, -0.05) is 30.7 Å². The van der Waals surface area contributed by atoms with Crippen molar-refractivity contribution in [2.45, 2.75) is 26.4 Å². The lowest BCUT2D eigenvalue weighted by atomic mass is 10.2. The molecule has 152 valence electrons. The molecule has 0 radical (unpaired) electrons. The SMILES string of the molecule is CCCOc1ccccc1OCC(=O)O[C@H](C)C(=O)Nc1ccc(C#N)c(Cl)c1. The molecule has 0 aliphatic heterocycles. The Kier molecular flexibility index (Phi) is 8.31. The van der Waals surface area contributed by atoms with Crippen molar-refractivity contribution in [3.8, 4) is 17.6 Å². The highest BCUT2D eigenvalue weighted by atomic mass is 35.5. The first-order valence-electron chi connectivity index (χ1n) is 8.99. The largest absolute Gasteiger partial charge is 0.490 e. The van der Waals surface area contributed by atoms with Crippen molar-refractivity contribution in [3.63, 3.8) is 0 Å². The van der Waals surface area contributed by atoms with Crippen LogP contribution in [-0.4, -0.2) is 31.2 Å². The second kappa shape index (κ2) is 10.9. The molecule has 0 aromatic heterocycles. The number of rotatable bonds is 9. The van der Waals surface area contributed by atoms with Crippen LogP contribution in [0.2, 0.25) is 5.02 Å². The predicted octanol–water partition coefficient (Wildman–Crippen LogP) is 3.95. The molecular weight excluding hydrogens is 396 g/mol. The molecule has 7 nitrogen and oxygen atoms in total. The van der Waals surface area contributed by atoms with Crippen LogP contribution in [0.4, 0.5) is 5.69 Å². The summed E-state index contributed by atoms with van der Waals surface area (Å²) in [5, 5.41) is 11.7. The smallest absolute Gasteiger partial charge is 0.344 e. The van der Waals surface area contributed by atoms with E-state index in [9.17, 15) is 9.59 Å². The third-order valence-electron chi connectivity index (χ3n) is 3.69. The van der Waals surface area contributed by atoms with Gasteiger partial charge in [0.05, 0.1) is 17.2 Å². The van der Waals surface area contributed by atoms with E-state index in [4.69, 9.17) is 31.1 Å². The summed E-state index contributed by atoms with van der Waals surface area (Å²) in [6.45, 7) is 3.59. The van der Waals surface area contributed by atoms with E-state index in [2.05, 4.69) is 5.32 Å². The summed E-state index contributed by atoms with van der Waals surface area (Å²) in [7, 11) is 0. The second-order valence-corrected chi connectivity index (χ2v) is 6.42. The third kappa shape index (κ3) is 6.70. The van der Waals surface area contributed by atoms with Gasteiger partial charge < -0.3 is 19.5 Å². The van der Waals surface area contributed by atoms with Crippen LogP contribution in [0.5, 0.6) is 11.5 Å². The molecule has 0 unspecified atom stereocenters. The highest BCUT2D eigenvalue weighted by Gasteiger charge is 2.19. The Morgan fingerprint density at radius 3 is 2.48 bits per heavy atom. The molecule has 0 bridgehead atoms. The van der Waals surface area contributed by atoms with Crippen molar-refractivity contribution in [2.75, 3.05) is 18.5 Å². The van der Waals surface area contributed by atoms with Gasteiger partial charge in [0.2, 0.25) is 0 Å². The average molecular weight is 417 g/mol. The number of anilines is 1. The Hall–Kier alpha value is -3.24. The maximum Gasteiger partial charge on any atom is 0.344 e. The van der Waals surface area contributed by atoms with E-state index in [0.717, 1.165) is 6.42 Å². The Morgan fingerprint density at radius 1 is 1.17 bits per heavy atom. The number of nitrogens with zero attached hydrogens (tertiary/aromatic N) is 1. The van der Waals surface area contributed by atoms with Gasteiger partial charge in [0.25, 0.3) is 5.91 Å².